The van der Waals surface area contributed by atoms with Gasteiger partial charge in [-0.15, -0.1) is 0 Å². The lowest BCUT2D eigenvalue weighted by Crippen LogP contribution is -2.39. The van der Waals surface area contributed by atoms with Gasteiger partial charge < -0.3 is 4.90 Å². The number of hydrogen-bond donors (Lipinski definition) is 0. The molecule has 0 bridgehead atoms. The number of hydrogen-bond acceptors (Lipinski definition) is 4. The number of carbonyl (C=O) groups is 1. The predicted molar refractivity (Wildman–Crippen MR) is 111 cm³/mol. The van der Waals surface area contributed by atoms with Crippen molar-refractivity contribution in [2.45, 2.75) is 19.4 Å². The zero-order valence-electron chi connectivity index (χ0n) is 17.3. The summed E-state index contributed by atoms with van der Waals surface area (Å²) in [7, 11) is 1.65. The van der Waals surface area contributed by atoms with Gasteiger partial charge >= 0.3 is 0 Å². The lowest BCUT2D eigenvalue weighted by Gasteiger charge is -2.32. The van der Waals surface area contributed by atoms with Gasteiger partial charge in [0.05, 0.1) is 34.7 Å². The molecule has 0 spiro atoms. The number of amides is 1. The van der Waals surface area contributed by atoms with Gasteiger partial charge in [0.25, 0.3) is 5.91 Å². The van der Waals surface area contributed by atoms with E-state index in [0.717, 1.165) is 17.7 Å². The van der Waals surface area contributed by atoms with Crippen molar-refractivity contribution in [2.75, 3.05) is 6.54 Å². The quantitative estimate of drug-likeness (QED) is 0.441. The molecule has 6 nitrogen and oxygen atoms in total. The summed E-state index contributed by atoms with van der Waals surface area (Å²) >= 11 is 0. The molecule has 2 aromatic carbocycles. The van der Waals surface area contributed by atoms with Crippen LogP contribution in [0.3, 0.4) is 0 Å². The maximum Gasteiger partial charge on any atom is 0.274 e. The first-order valence-electron chi connectivity index (χ1n) is 10.1. The molecule has 1 aliphatic rings. The monoisotopic (exact) mass is 437 g/mol. The molecule has 4 aromatic rings. The average Bonchev–Trinajstić information content (AvgIpc) is 3.13. The second-order valence-electron chi connectivity index (χ2n) is 7.76. The van der Waals surface area contributed by atoms with Crippen LogP contribution in [-0.4, -0.2) is 37.1 Å². The minimum Gasteiger partial charge on any atom is -0.329 e. The van der Waals surface area contributed by atoms with Gasteiger partial charge in [0, 0.05) is 24.7 Å². The van der Waals surface area contributed by atoms with Crippen LogP contribution in [0.1, 0.15) is 34.7 Å². The molecular weight excluding hydrogens is 419 g/mol. The molecule has 9 heteroatoms. The molecule has 0 aliphatic carbocycles. The van der Waals surface area contributed by atoms with Gasteiger partial charge in [0.2, 0.25) is 0 Å². The molecular formula is C23H18F3N5O. The van der Waals surface area contributed by atoms with Gasteiger partial charge in [-0.1, -0.05) is 12.1 Å². The van der Waals surface area contributed by atoms with Gasteiger partial charge in [0.1, 0.15) is 5.69 Å². The first-order valence-corrected chi connectivity index (χ1v) is 10.1. The molecule has 0 fully saturated rings. The van der Waals surface area contributed by atoms with Crippen LogP contribution in [-0.2, 0) is 13.5 Å². The van der Waals surface area contributed by atoms with E-state index in [-0.39, 0.29) is 17.2 Å². The van der Waals surface area contributed by atoms with Crippen LogP contribution in [0.4, 0.5) is 13.2 Å². The summed E-state index contributed by atoms with van der Waals surface area (Å²) in [6.45, 7) is 2.21. The van der Waals surface area contributed by atoms with Gasteiger partial charge in [-0.25, -0.2) is 18.2 Å². The smallest absolute Gasteiger partial charge is 0.274 e. The van der Waals surface area contributed by atoms with E-state index in [1.54, 1.807) is 18.0 Å². The molecule has 1 aliphatic heterocycles. The van der Waals surface area contributed by atoms with E-state index in [1.165, 1.54) is 10.9 Å². The minimum absolute atomic E-state index is 0.199. The number of aryl methyl sites for hydroxylation is 1. The highest BCUT2D eigenvalue weighted by Crippen LogP contribution is 2.36. The Morgan fingerprint density at radius 2 is 1.78 bits per heavy atom. The Labute approximate surface area is 181 Å². The van der Waals surface area contributed by atoms with Crippen molar-refractivity contribution in [1.82, 2.24) is 24.6 Å². The van der Waals surface area contributed by atoms with Gasteiger partial charge in [-0.2, -0.15) is 5.10 Å². The Morgan fingerprint density at radius 3 is 2.50 bits per heavy atom. The fourth-order valence-corrected chi connectivity index (χ4v) is 4.28. The highest BCUT2D eigenvalue weighted by molar-refractivity contribution is 5.94. The summed E-state index contributed by atoms with van der Waals surface area (Å²) < 4.78 is 42.6. The lowest BCUT2D eigenvalue weighted by molar-refractivity contribution is 0.0667. The molecule has 0 N–H and O–H groups in total. The number of para-hydroxylation sites is 2. The van der Waals surface area contributed by atoms with Crippen molar-refractivity contribution >= 4 is 16.9 Å². The number of rotatable bonds is 2. The zero-order valence-corrected chi connectivity index (χ0v) is 17.3. The number of halogens is 3. The summed E-state index contributed by atoms with van der Waals surface area (Å²) in [5.74, 6) is -4.30. The molecule has 0 unspecified atom stereocenters. The maximum atomic E-state index is 13.8. The third-order valence-corrected chi connectivity index (χ3v) is 5.83. The molecule has 1 amide bonds. The van der Waals surface area contributed by atoms with Gasteiger partial charge in [-0.3, -0.25) is 14.5 Å². The number of carbonyl (C=O) groups excluding carboxylic acids is 1. The third kappa shape index (κ3) is 3.12. The van der Waals surface area contributed by atoms with E-state index in [2.05, 4.69) is 15.1 Å². The topological polar surface area (TPSA) is 63.9 Å². The van der Waals surface area contributed by atoms with E-state index in [1.807, 2.05) is 25.1 Å². The van der Waals surface area contributed by atoms with Crippen molar-refractivity contribution < 1.29 is 18.0 Å². The number of fused-ring (bicyclic) bond motifs is 2. The second kappa shape index (κ2) is 7.44. The Bertz CT molecular complexity index is 1360. The van der Waals surface area contributed by atoms with Crippen LogP contribution in [0.25, 0.3) is 22.3 Å². The highest BCUT2D eigenvalue weighted by Gasteiger charge is 2.34. The zero-order chi connectivity index (χ0) is 22.6. The average molecular weight is 437 g/mol. The van der Waals surface area contributed by atoms with Crippen molar-refractivity contribution in [3.05, 3.63) is 77.0 Å². The van der Waals surface area contributed by atoms with Crippen LogP contribution in [0, 0.1) is 17.5 Å². The molecule has 0 saturated carbocycles. The Kier molecular flexibility index (Phi) is 4.69. The summed E-state index contributed by atoms with van der Waals surface area (Å²) in [5, 5.41) is 4.51. The fraction of sp³-hybridized carbons (Fsp3) is 0.217. The summed E-state index contributed by atoms with van der Waals surface area (Å²) in [5.41, 5.74) is 3.67. The van der Waals surface area contributed by atoms with E-state index in [4.69, 9.17) is 0 Å². The minimum atomic E-state index is -1.51. The van der Waals surface area contributed by atoms with Crippen molar-refractivity contribution in [1.29, 1.82) is 0 Å². The van der Waals surface area contributed by atoms with Gasteiger partial charge in [0.15, 0.2) is 17.5 Å². The Balaban J connectivity index is 1.51. The lowest BCUT2D eigenvalue weighted by atomic mass is 9.95. The summed E-state index contributed by atoms with van der Waals surface area (Å²) in [6, 6.07) is 8.83. The molecule has 0 radical (unpaired) electrons. The maximum absolute atomic E-state index is 13.8. The molecule has 162 valence electrons. The molecule has 0 saturated heterocycles. The molecule has 5 rings (SSSR count). The molecule has 1 atom stereocenters. The first kappa shape index (κ1) is 20.2. The number of benzene rings is 2. The van der Waals surface area contributed by atoms with Crippen molar-refractivity contribution in [3.63, 3.8) is 0 Å². The van der Waals surface area contributed by atoms with E-state index >= 15 is 0 Å². The SMILES string of the molecule is C[C@H]1c2nn(C)c(-c3cc(F)c(F)c(F)c3)c2CCN1C(=O)c1cnc2ccccc2n1. The number of nitrogens with zero attached hydrogens (tertiary/aromatic N) is 5. The van der Waals surface area contributed by atoms with Crippen molar-refractivity contribution in [2.24, 2.45) is 7.05 Å². The third-order valence-electron chi connectivity index (χ3n) is 5.83. The Hall–Kier alpha value is -3.75. The van der Waals surface area contributed by atoms with E-state index in [9.17, 15) is 18.0 Å². The summed E-state index contributed by atoms with van der Waals surface area (Å²) in [6.07, 6.45) is 1.89. The van der Waals surface area contributed by atoms with Crippen LogP contribution in [0.5, 0.6) is 0 Å². The van der Waals surface area contributed by atoms with E-state index < -0.39 is 23.5 Å². The first-order chi connectivity index (χ1) is 15.3. The van der Waals surface area contributed by atoms with E-state index in [0.29, 0.717) is 35.4 Å². The predicted octanol–water partition coefficient (Wildman–Crippen LogP) is 4.21. The van der Waals surface area contributed by atoms with Crippen LogP contribution in [0.2, 0.25) is 0 Å². The Morgan fingerprint density at radius 1 is 1.09 bits per heavy atom. The van der Waals surface area contributed by atoms with Crippen LogP contribution in [0.15, 0.2) is 42.6 Å². The van der Waals surface area contributed by atoms with Gasteiger partial charge in [-0.05, 0) is 37.6 Å². The fourth-order valence-electron chi connectivity index (χ4n) is 4.28. The molecule has 3 heterocycles. The number of aromatic nitrogens is 4. The highest BCUT2D eigenvalue weighted by atomic mass is 19.2. The molecule has 2 aromatic heterocycles. The largest absolute Gasteiger partial charge is 0.329 e. The standard InChI is InChI=1S/C23H18F3N5O/c1-12-21-14(22(30(2)29-21)13-9-15(24)20(26)16(25)10-13)7-8-31(12)23(32)19-11-27-17-5-3-4-6-18(17)28-19/h3-6,9-12H,7-8H2,1-2H3/t12-/m0/s1. The van der Waals surface area contributed by atoms with Crippen LogP contribution < -0.4 is 0 Å². The van der Waals surface area contributed by atoms with Crippen LogP contribution >= 0.6 is 0 Å². The second-order valence-corrected chi connectivity index (χ2v) is 7.76. The molecule has 32 heavy (non-hydrogen) atoms. The van der Waals surface area contributed by atoms with Crippen molar-refractivity contribution in [3.8, 4) is 11.3 Å². The normalized spacial score (nSPS) is 15.8. The summed E-state index contributed by atoms with van der Waals surface area (Å²) in [4.78, 5) is 23.6.